The summed E-state index contributed by atoms with van der Waals surface area (Å²) in [5, 5.41) is 7.57. The topological polar surface area (TPSA) is 154 Å². The van der Waals surface area contributed by atoms with E-state index in [-0.39, 0.29) is 18.5 Å². The number of aliphatic hydroxyl groups is 1. The lowest BCUT2D eigenvalue weighted by atomic mass is 10.2. The Kier molecular flexibility index (Phi) is 18.7. The maximum Gasteiger partial charge on any atom is 0.337 e. The summed E-state index contributed by atoms with van der Waals surface area (Å²) < 4.78 is 6.60. The van der Waals surface area contributed by atoms with Crippen LogP contribution < -0.4 is 23.0 Å². The Morgan fingerprint density at radius 1 is 1.04 bits per heavy atom. The number of carbonyl (C=O) groups excluding carboxylic acids is 2. The average Bonchev–Trinajstić information content (AvgIpc) is 2.69. The standard InChI is InChI=1S/C8H7IO2.C7H7IN2O.C2H6O.H4N2/c1-11-8(10)6-3-2-4-7(9)5-6;8-6-3-1-2-5(4-6)7(11)10-9;1-2-3;1-2/h2-5H,1H3;1-4H,9H2,(H,10,11);3H,2H2,1H3;1-2H2. The fourth-order valence-electron chi connectivity index (χ4n) is 1.45. The Hall–Kier alpha value is -1.32. The van der Waals surface area contributed by atoms with Gasteiger partial charge in [-0.1, -0.05) is 12.1 Å². The number of nitrogens with one attached hydrogen (secondary N) is 1. The second-order valence-electron chi connectivity index (χ2n) is 4.30. The Morgan fingerprint density at radius 3 is 1.81 bits per heavy atom. The molecule has 2 aromatic rings. The molecule has 27 heavy (non-hydrogen) atoms. The van der Waals surface area contributed by atoms with E-state index in [0.29, 0.717) is 11.1 Å². The van der Waals surface area contributed by atoms with E-state index in [1.807, 2.05) is 24.3 Å². The van der Waals surface area contributed by atoms with Crippen LogP contribution in [0.5, 0.6) is 0 Å². The van der Waals surface area contributed by atoms with Gasteiger partial charge < -0.3 is 9.84 Å². The van der Waals surface area contributed by atoms with Gasteiger partial charge in [0.15, 0.2) is 0 Å². The second kappa shape index (κ2) is 18.1. The number of hydrazine groups is 2. The van der Waals surface area contributed by atoms with Crippen molar-refractivity contribution in [3.05, 3.63) is 66.8 Å². The zero-order valence-electron chi connectivity index (χ0n) is 15.0. The first-order chi connectivity index (χ1) is 12.9. The molecule has 0 saturated heterocycles. The predicted octanol–water partition coefficient (Wildman–Crippen LogP) is 1.79. The molecule has 0 fully saturated rings. The van der Waals surface area contributed by atoms with Gasteiger partial charge in [-0.15, -0.1) is 0 Å². The summed E-state index contributed by atoms with van der Waals surface area (Å²) in [7, 11) is 1.38. The monoisotopic (exact) mass is 602 g/mol. The lowest BCUT2D eigenvalue weighted by Gasteiger charge is -1.98. The van der Waals surface area contributed by atoms with E-state index in [1.54, 1.807) is 31.2 Å². The number of aliphatic hydroxyl groups excluding tert-OH is 1. The van der Waals surface area contributed by atoms with Crippen LogP contribution in [0.15, 0.2) is 48.5 Å². The number of methoxy groups -OCH3 is 1. The number of esters is 1. The van der Waals surface area contributed by atoms with E-state index < -0.39 is 0 Å². The fourth-order valence-corrected chi connectivity index (χ4v) is 2.53. The number of benzene rings is 2. The molecule has 8 nitrogen and oxygen atoms in total. The Morgan fingerprint density at radius 2 is 1.44 bits per heavy atom. The minimum Gasteiger partial charge on any atom is -0.465 e. The van der Waals surface area contributed by atoms with Crippen molar-refractivity contribution in [2.75, 3.05) is 13.7 Å². The second-order valence-corrected chi connectivity index (χ2v) is 6.79. The van der Waals surface area contributed by atoms with Gasteiger partial charge >= 0.3 is 5.97 Å². The van der Waals surface area contributed by atoms with Crippen molar-refractivity contribution in [1.82, 2.24) is 5.43 Å². The number of nitrogen functional groups attached to an aromatic ring is 1. The molecule has 0 aliphatic rings. The van der Waals surface area contributed by atoms with Gasteiger partial charge in [0.1, 0.15) is 0 Å². The molecular weight excluding hydrogens is 578 g/mol. The largest absolute Gasteiger partial charge is 0.465 e. The van der Waals surface area contributed by atoms with Crippen molar-refractivity contribution >= 4 is 57.1 Å². The van der Waals surface area contributed by atoms with Crippen LogP contribution in [0.25, 0.3) is 0 Å². The summed E-state index contributed by atoms with van der Waals surface area (Å²) >= 11 is 4.28. The molecule has 0 aliphatic carbocycles. The van der Waals surface area contributed by atoms with Gasteiger partial charge in [0, 0.05) is 19.3 Å². The van der Waals surface area contributed by atoms with E-state index >= 15 is 0 Å². The van der Waals surface area contributed by atoms with Crippen LogP contribution in [-0.4, -0.2) is 30.7 Å². The lowest BCUT2D eigenvalue weighted by molar-refractivity contribution is 0.0600. The molecule has 0 saturated carbocycles. The normalized spacial score (nSPS) is 8.44. The summed E-state index contributed by atoms with van der Waals surface area (Å²) in [6, 6.07) is 14.5. The first kappa shape index (κ1) is 27.9. The first-order valence-electron chi connectivity index (χ1n) is 7.44. The quantitative estimate of drug-likeness (QED) is 0.116. The number of amides is 1. The van der Waals surface area contributed by atoms with Gasteiger partial charge in [-0.3, -0.25) is 21.9 Å². The predicted molar refractivity (Wildman–Crippen MR) is 122 cm³/mol. The smallest absolute Gasteiger partial charge is 0.337 e. The van der Waals surface area contributed by atoms with E-state index in [9.17, 15) is 9.59 Å². The number of ether oxygens (including phenoxy) is 1. The third kappa shape index (κ3) is 13.5. The molecular formula is C17H24I2N4O4. The average molecular weight is 602 g/mol. The summed E-state index contributed by atoms with van der Waals surface area (Å²) in [5.41, 5.74) is 3.25. The minimum atomic E-state index is -0.288. The number of rotatable bonds is 2. The molecule has 0 aliphatic heterocycles. The number of hydrogen-bond donors (Lipinski definition) is 5. The molecule has 10 heteroatoms. The molecule has 0 heterocycles. The van der Waals surface area contributed by atoms with Crippen molar-refractivity contribution < 1.29 is 19.4 Å². The van der Waals surface area contributed by atoms with Gasteiger partial charge in [0.05, 0.1) is 12.7 Å². The summed E-state index contributed by atoms with van der Waals surface area (Å²) in [6.07, 6.45) is 0. The van der Waals surface area contributed by atoms with Crippen molar-refractivity contribution in [3.63, 3.8) is 0 Å². The van der Waals surface area contributed by atoms with Crippen LogP contribution in [0.2, 0.25) is 0 Å². The maximum atomic E-state index is 10.9. The zero-order valence-corrected chi connectivity index (χ0v) is 19.3. The van der Waals surface area contributed by atoms with Gasteiger partial charge in [-0.25, -0.2) is 10.6 Å². The highest BCUT2D eigenvalue weighted by Crippen LogP contribution is 2.08. The summed E-state index contributed by atoms with van der Waals surface area (Å²) in [5.74, 6) is 12.4. The van der Waals surface area contributed by atoms with Crippen LogP contribution in [0.3, 0.4) is 0 Å². The van der Waals surface area contributed by atoms with Crippen molar-refractivity contribution in [2.24, 2.45) is 17.5 Å². The van der Waals surface area contributed by atoms with Crippen molar-refractivity contribution in [3.8, 4) is 0 Å². The molecule has 0 unspecified atom stereocenters. The van der Waals surface area contributed by atoms with Crippen molar-refractivity contribution in [2.45, 2.75) is 6.92 Å². The van der Waals surface area contributed by atoms with E-state index in [4.69, 9.17) is 10.9 Å². The molecule has 2 rings (SSSR count). The molecule has 0 bridgehead atoms. The van der Waals surface area contributed by atoms with Crippen molar-refractivity contribution in [1.29, 1.82) is 0 Å². The molecule has 150 valence electrons. The highest BCUT2D eigenvalue weighted by atomic mass is 127. The third-order valence-corrected chi connectivity index (χ3v) is 3.81. The van der Waals surface area contributed by atoms with Crippen LogP contribution in [0.1, 0.15) is 27.6 Å². The van der Waals surface area contributed by atoms with Gasteiger partial charge in [-0.05, 0) is 88.5 Å². The van der Waals surface area contributed by atoms with Crippen LogP contribution in [0.4, 0.5) is 0 Å². The zero-order chi connectivity index (χ0) is 21.2. The summed E-state index contributed by atoms with van der Waals surface area (Å²) in [4.78, 5) is 21.9. The molecule has 0 atom stereocenters. The Bertz CT molecular complexity index is 630. The fraction of sp³-hybridized carbons (Fsp3) is 0.176. The number of halogens is 2. The van der Waals surface area contributed by atoms with E-state index in [1.165, 1.54) is 7.11 Å². The minimum absolute atomic E-state index is 0.250. The lowest BCUT2D eigenvalue weighted by Crippen LogP contribution is -2.29. The van der Waals surface area contributed by atoms with Crippen LogP contribution >= 0.6 is 45.2 Å². The molecule has 8 N–H and O–H groups in total. The molecule has 0 aromatic heterocycles. The first-order valence-corrected chi connectivity index (χ1v) is 9.59. The number of carbonyl (C=O) groups is 2. The molecule has 0 radical (unpaired) electrons. The van der Waals surface area contributed by atoms with Gasteiger partial charge in [-0.2, -0.15) is 0 Å². The highest BCUT2D eigenvalue weighted by molar-refractivity contribution is 14.1. The molecule has 2 aromatic carbocycles. The maximum absolute atomic E-state index is 10.9. The Balaban J connectivity index is 0. The third-order valence-electron chi connectivity index (χ3n) is 2.46. The number of nitrogens with two attached hydrogens (primary N) is 3. The molecule has 1 amide bonds. The molecule has 0 spiro atoms. The van der Waals surface area contributed by atoms with Crippen LogP contribution in [-0.2, 0) is 4.74 Å². The van der Waals surface area contributed by atoms with Gasteiger partial charge in [0.2, 0.25) is 0 Å². The summed E-state index contributed by atoms with van der Waals surface area (Å²) in [6.45, 7) is 1.93. The number of hydrogen-bond acceptors (Lipinski definition) is 7. The Labute approximate surface area is 186 Å². The highest BCUT2D eigenvalue weighted by Gasteiger charge is 2.03. The van der Waals surface area contributed by atoms with Gasteiger partial charge in [0.25, 0.3) is 5.91 Å². The van der Waals surface area contributed by atoms with E-state index in [0.717, 1.165) is 7.14 Å². The van der Waals surface area contributed by atoms with Crippen LogP contribution in [0, 0.1) is 7.14 Å². The van der Waals surface area contributed by atoms with E-state index in [2.05, 4.69) is 67.0 Å². The SMILES string of the molecule is CCO.COC(=O)c1cccc(I)c1.NN.NNC(=O)c1cccc(I)c1.